The zero-order valence-electron chi connectivity index (χ0n) is 12.7. The van der Waals surface area contributed by atoms with Gasteiger partial charge in [-0.1, -0.05) is 6.92 Å². The minimum atomic E-state index is 0.751. The molecule has 114 valence electrons. The Kier molecular flexibility index (Phi) is 9.70. The van der Waals surface area contributed by atoms with E-state index in [1.54, 1.807) is 7.11 Å². The first kappa shape index (κ1) is 16.8. The van der Waals surface area contributed by atoms with Gasteiger partial charge in [0.25, 0.3) is 0 Å². The van der Waals surface area contributed by atoms with Crippen LogP contribution in [0.1, 0.15) is 26.2 Å². The van der Waals surface area contributed by atoms with Gasteiger partial charge < -0.3 is 19.5 Å². The minimum absolute atomic E-state index is 0.751. The van der Waals surface area contributed by atoms with E-state index in [2.05, 4.69) is 12.2 Å². The quantitative estimate of drug-likeness (QED) is 0.598. The molecule has 1 aromatic carbocycles. The lowest BCUT2D eigenvalue weighted by molar-refractivity contribution is 0.199. The van der Waals surface area contributed by atoms with Crippen LogP contribution < -0.4 is 14.8 Å². The molecule has 1 rings (SSSR count). The minimum Gasteiger partial charge on any atom is -0.494 e. The van der Waals surface area contributed by atoms with Gasteiger partial charge in [-0.05, 0) is 50.1 Å². The summed E-state index contributed by atoms with van der Waals surface area (Å²) in [5.41, 5.74) is 0. The molecule has 0 atom stereocenters. The molecule has 1 N–H and O–H groups in total. The molecular weight excluding hydrogens is 254 g/mol. The highest BCUT2D eigenvalue weighted by Gasteiger charge is 1.96. The number of nitrogens with one attached hydrogen (secondary N) is 1. The van der Waals surface area contributed by atoms with Gasteiger partial charge in [0, 0.05) is 13.7 Å². The van der Waals surface area contributed by atoms with Crippen molar-refractivity contribution in [3.63, 3.8) is 0 Å². The fourth-order valence-electron chi connectivity index (χ4n) is 1.69. The monoisotopic (exact) mass is 281 g/mol. The molecule has 0 fully saturated rings. The van der Waals surface area contributed by atoms with Crippen LogP contribution in [0.5, 0.6) is 11.5 Å². The molecular formula is C16H27NO3. The van der Waals surface area contributed by atoms with Gasteiger partial charge in [-0.25, -0.2) is 0 Å². The van der Waals surface area contributed by atoms with Gasteiger partial charge in [-0.3, -0.25) is 0 Å². The predicted octanol–water partition coefficient (Wildman–Crippen LogP) is 2.87. The van der Waals surface area contributed by atoms with Crippen LogP contribution in [0.2, 0.25) is 0 Å². The van der Waals surface area contributed by atoms with Crippen LogP contribution in [-0.4, -0.2) is 40.0 Å². The van der Waals surface area contributed by atoms with E-state index < -0.39 is 0 Å². The summed E-state index contributed by atoms with van der Waals surface area (Å²) in [4.78, 5) is 0. The molecule has 0 saturated heterocycles. The Morgan fingerprint density at radius 1 is 0.850 bits per heavy atom. The van der Waals surface area contributed by atoms with Gasteiger partial charge in [-0.15, -0.1) is 0 Å². The van der Waals surface area contributed by atoms with E-state index in [-0.39, 0.29) is 0 Å². The number of ether oxygens (including phenoxy) is 3. The summed E-state index contributed by atoms with van der Waals surface area (Å²) in [5.74, 6) is 1.81. The van der Waals surface area contributed by atoms with Gasteiger partial charge in [-0.2, -0.15) is 0 Å². The van der Waals surface area contributed by atoms with Gasteiger partial charge in [0.05, 0.1) is 19.8 Å². The number of hydrogen-bond acceptors (Lipinski definition) is 4. The van der Waals surface area contributed by atoms with Gasteiger partial charge in [0.1, 0.15) is 11.5 Å². The van der Waals surface area contributed by atoms with Crippen LogP contribution >= 0.6 is 0 Å². The van der Waals surface area contributed by atoms with E-state index in [0.29, 0.717) is 0 Å². The molecule has 0 aliphatic carbocycles. The second-order valence-electron chi connectivity index (χ2n) is 4.62. The zero-order chi connectivity index (χ0) is 14.5. The first-order valence-corrected chi connectivity index (χ1v) is 7.42. The molecule has 0 saturated carbocycles. The summed E-state index contributed by atoms with van der Waals surface area (Å²) in [5, 5.41) is 3.31. The van der Waals surface area contributed by atoms with Crippen LogP contribution in [0.25, 0.3) is 0 Å². The molecule has 0 radical (unpaired) electrons. The van der Waals surface area contributed by atoms with Crippen LogP contribution in [0.15, 0.2) is 24.3 Å². The second-order valence-corrected chi connectivity index (χ2v) is 4.62. The third kappa shape index (κ3) is 8.02. The van der Waals surface area contributed by atoms with E-state index in [9.17, 15) is 0 Å². The Balaban J connectivity index is 2.04. The standard InChI is InChI=1S/C16H27NO3/c1-3-12-19-15-6-8-16(9-7-15)20-13-5-4-10-17-11-14-18-2/h6-9,17H,3-5,10-14H2,1-2H3. The van der Waals surface area contributed by atoms with Crippen molar-refractivity contribution in [2.24, 2.45) is 0 Å². The Labute approximate surface area is 122 Å². The molecule has 0 unspecified atom stereocenters. The summed E-state index contributed by atoms with van der Waals surface area (Å²) >= 11 is 0. The van der Waals surface area contributed by atoms with E-state index >= 15 is 0 Å². The van der Waals surface area contributed by atoms with Crippen LogP contribution in [0.3, 0.4) is 0 Å². The fourth-order valence-corrected chi connectivity index (χ4v) is 1.69. The smallest absolute Gasteiger partial charge is 0.119 e. The topological polar surface area (TPSA) is 39.7 Å². The molecule has 0 aliphatic heterocycles. The predicted molar refractivity (Wildman–Crippen MR) is 81.7 cm³/mol. The van der Waals surface area contributed by atoms with Gasteiger partial charge >= 0.3 is 0 Å². The lowest BCUT2D eigenvalue weighted by Crippen LogP contribution is -2.20. The number of rotatable bonds is 12. The average molecular weight is 281 g/mol. The van der Waals surface area contributed by atoms with Crippen molar-refractivity contribution in [3.8, 4) is 11.5 Å². The van der Waals surface area contributed by atoms with Crippen LogP contribution in [0.4, 0.5) is 0 Å². The second kappa shape index (κ2) is 11.6. The SMILES string of the molecule is CCCOc1ccc(OCCCCNCCOC)cc1. The van der Waals surface area contributed by atoms with Gasteiger partial charge in [0.2, 0.25) is 0 Å². The first-order chi connectivity index (χ1) is 9.86. The third-order valence-electron chi connectivity index (χ3n) is 2.80. The lowest BCUT2D eigenvalue weighted by Gasteiger charge is -2.08. The fraction of sp³-hybridized carbons (Fsp3) is 0.625. The maximum absolute atomic E-state index is 5.69. The number of benzene rings is 1. The summed E-state index contributed by atoms with van der Waals surface area (Å²) in [7, 11) is 1.72. The molecule has 4 heteroatoms. The third-order valence-corrected chi connectivity index (χ3v) is 2.80. The van der Waals surface area contributed by atoms with E-state index in [4.69, 9.17) is 14.2 Å². The summed E-state index contributed by atoms with van der Waals surface area (Å²) in [6.07, 6.45) is 3.19. The highest BCUT2D eigenvalue weighted by molar-refractivity contribution is 5.31. The molecule has 0 aliphatic rings. The first-order valence-electron chi connectivity index (χ1n) is 7.42. The molecule has 4 nitrogen and oxygen atoms in total. The molecule has 0 aromatic heterocycles. The van der Waals surface area contributed by atoms with Crippen molar-refractivity contribution in [1.29, 1.82) is 0 Å². The normalized spacial score (nSPS) is 10.5. The number of methoxy groups -OCH3 is 1. The van der Waals surface area contributed by atoms with Crippen molar-refractivity contribution < 1.29 is 14.2 Å². The maximum atomic E-state index is 5.69. The van der Waals surface area contributed by atoms with E-state index in [0.717, 1.165) is 63.7 Å². The Morgan fingerprint density at radius 2 is 1.50 bits per heavy atom. The molecule has 0 heterocycles. The zero-order valence-corrected chi connectivity index (χ0v) is 12.7. The van der Waals surface area contributed by atoms with Crippen molar-refractivity contribution >= 4 is 0 Å². The average Bonchev–Trinajstić information content (AvgIpc) is 2.49. The Hall–Kier alpha value is -1.26. The largest absolute Gasteiger partial charge is 0.494 e. The summed E-state index contributed by atoms with van der Waals surface area (Å²) in [6.45, 7) is 6.30. The number of hydrogen-bond donors (Lipinski definition) is 1. The van der Waals surface area contributed by atoms with Crippen molar-refractivity contribution in [3.05, 3.63) is 24.3 Å². The van der Waals surface area contributed by atoms with E-state index in [1.807, 2.05) is 24.3 Å². The molecule has 20 heavy (non-hydrogen) atoms. The lowest BCUT2D eigenvalue weighted by atomic mass is 10.3. The maximum Gasteiger partial charge on any atom is 0.119 e. The molecule has 0 bridgehead atoms. The molecule has 0 amide bonds. The van der Waals surface area contributed by atoms with Crippen LogP contribution in [-0.2, 0) is 4.74 Å². The van der Waals surface area contributed by atoms with Crippen molar-refractivity contribution in [2.45, 2.75) is 26.2 Å². The highest BCUT2D eigenvalue weighted by atomic mass is 16.5. The number of unbranched alkanes of at least 4 members (excludes halogenated alkanes) is 1. The van der Waals surface area contributed by atoms with E-state index in [1.165, 1.54) is 0 Å². The van der Waals surface area contributed by atoms with Gasteiger partial charge in [0.15, 0.2) is 0 Å². The summed E-state index contributed by atoms with van der Waals surface area (Å²) in [6, 6.07) is 7.83. The highest BCUT2D eigenvalue weighted by Crippen LogP contribution is 2.17. The molecule has 0 spiro atoms. The molecule has 1 aromatic rings. The van der Waals surface area contributed by atoms with Crippen molar-refractivity contribution in [2.75, 3.05) is 40.0 Å². The Bertz CT molecular complexity index is 327. The Morgan fingerprint density at radius 3 is 2.10 bits per heavy atom. The summed E-state index contributed by atoms with van der Waals surface area (Å²) < 4.78 is 16.2. The van der Waals surface area contributed by atoms with Crippen molar-refractivity contribution in [1.82, 2.24) is 5.32 Å². The van der Waals surface area contributed by atoms with Crippen LogP contribution in [0, 0.1) is 0 Å².